The number of fused-ring (bicyclic) bond motifs is 1. The smallest absolute Gasteiger partial charge is 0.475 e. The van der Waals surface area contributed by atoms with Crippen LogP contribution in [0.4, 0.5) is 17.6 Å². The van der Waals surface area contributed by atoms with E-state index < -0.39 is 12.1 Å². The highest BCUT2D eigenvalue weighted by Crippen LogP contribution is 2.33. The minimum absolute atomic E-state index is 0.340. The van der Waals surface area contributed by atoms with Crippen molar-refractivity contribution in [3.63, 3.8) is 0 Å². The first-order valence-corrected chi connectivity index (χ1v) is 10.9. The summed E-state index contributed by atoms with van der Waals surface area (Å²) in [6.45, 7) is 1.99. The summed E-state index contributed by atoms with van der Waals surface area (Å²) in [6, 6.07) is 3.11. The number of carboxylic acid groups (broad SMARTS) is 1. The Hall–Kier alpha value is -2.32. The maximum absolute atomic E-state index is 13.7. The van der Waals surface area contributed by atoms with Crippen molar-refractivity contribution in [3.8, 4) is 0 Å². The Morgan fingerprint density at radius 1 is 1.31 bits per heavy atom. The van der Waals surface area contributed by atoms with Crippen LogP contribution in [-0.4, -0.2) is 55.1 Å². The quantitative estimate of drug-likeness (QED) is 0.383. The molecule has 3 heterocycles. The van der Waals surface area contributed by atoms with Gasteiger partial charge in [0.15, 0.2) is 5.16 Å². The molecule has 2 aromatic heterocycles. The Kier molecular flexibility index (Phi) is 7.67. The summed E-state index contributed by atoms with van der Waals surface area (Å²) >= 11 is 4.64. The number of benzene rings is 1. The molecule has 0 saturated carbocycles. The van der Waals surface area contributed by atoms with Gasteiger partial charge in [-0.3, -0.25) is 0 Å². The molecule has 2 N–H and O–H groups in total. The van der Waals surface area contributed by atoms with Crippen molar-refractivity contribution in [2.75, 3.05) is 13.1 Å². The molecular weight excluding hydrogens is 520 g/mol. The fraction of sp³-hybridized carbons (Fsp3) is 0.389. The molecular formula is C18H17BrF4N6O2S. The standard InChI is InChI=1S/C16H16BrFN6S.C2HF3O2/c1-24-14(9-3-2-4-19-7-9)22-23-16(24)25-15-10-5-11(17)12(18)6-13(10)20-8-21-15;3-2(4,5)1(6)7/h5-6,8-9,19H,2-4,7H2,1H3;(H,6,7). The number of hydrogen-bond acceptors (Lipinski definition) is 7. The number of alkyl halides is 3. The van der Waals surface area contributed by atoms with E-state index in [1.165, 1.54) is 24.2 Å². The lowest BCUT2D eigenvalue weighted by Crippen LogP contribution is -2.29. The van der Waals surface area contributed by atoms with E-state index in [0.29, 0.717) is 15.9 Å². The Balaban J connectivity index is 0.000000360. The number of nitrogens with zero attached hydrogens (tertiary/aromatic N) is 5. The van der Waals surface area contributed by atoms with Crippen LogP contribution in [0.2, 0.25) is 0 Å². The van der Waals surface area contributed by atoms with Crippen LogP contribution in [0.3, 0.4) is 0 Å². The molecule has 32 heavy (non-hydrogen) atoms. The van der Waals surface area contributed by atoms with Crippen molar-refractivity contribution < 1.29 is 27.5 Å². The first kappa shape index (κ1) is 24.3. The Morgan fingerprint density at radius 2 is 2.03 bits per heavy atom. The predicted octanol–water partition coefficient (Wildman–Crippen LogP) is 3.91. The predicted molar refractivity (Wildman–Crippen MR) is 111 cm³/mol. The summed E-state index contributed by atoms with van der Waals surface area (Å²) in [5, 5.41) is 21.5. The van der Waals surface area contributed by atoms with Gasteiger partial charge in [0.1, 0.15) is 23.0 Å². The number of hydrogen-bond donors (Lipinski definition) is 2. The van der Waals surface area contributed by atoms with Gasteiger partial charge in [0.2, 0.25) is 0 Å². The number of aliphatic carboxylic acids is 1. The molecule has 172 valence electrons. The van der Waals surface area contributed by atoms with Gasteiger partial charge in [0.05, 0.1) is 9.99 Å². The number of piperidine rings is 1. The third-order valence-corrected chi connectivity index (χ3v) is 6.27. The van der Waals surface area contributed by atoms with Crippen molar-refractivity contribution in [2.45, 2.75) is 35.1 Å². The van der Waals surface area contributed by atoms with Crippen LogP contribution < -0.4 is 5.32 Å². The van der Waals surface area contributed by atoms with Gasteiger partial charge in [0, 0.05) is 31.0 Å². The van der Waals surface area contributed by atoms with E-state index in [0.717, 1.165) is 47.3 Å². The molecule has 1 aliphatic rings. The van der Waals surface area contributed by atoms with Gasteiger partial charge in [-0.2, -0.15) is 13.2 Å². The lowest BCUT2D eigenvalue weighted by Gasteiger charge is -2.21. The van der Waals surface area contributed by atoms with E-state index in [1.807, 2.05) is 11.6 Å². The van der Waals surface area contributed by atoms with Crippen LogP contribution in [0, 0.1) is 5.82 Å². The van der Waals surface area contributed by atoms with Crippen LogP contribution in [0.5, 0.6) is 0 Å². The summed E-state index contributed by atoms with van der Waals surface area (Å²) in [5.41, 5.74) is 0.567. The highest BCUT2D eigenvalue weighted by molar-refractivity contribution is 9.10. The van der Waals surface area contributed by atoms with Gasteiger partial charge in [-0.25, -0.2) is 19.2 Å². The molecule has 3 aromatic rings. The highest BCUT2D eigenvalue weighted by atomic mass is 79.9. The van der Waals surface area contributed by atoms with Gasteiger partial charge in [-0.15, -0.1) is 10.2 Å². The Labute approximate surface area is 192 Å². The van der Waals surface area contributed by atoms with Crippen molar-refractivity contribution in [1.82, 2.24) is 30.0 Å². The monoisotopic (exact) mass is 536 g/mol. The molecule has 1 saturated heterocycles. The van der Waals surface area contributed by atoms with E-state index in [9.17, 15) is 17.6 Å². The van der Waals surface area contributed by atoms with E-state index >= 15 is 0 Å². The maximum Gasteiger partial charge on any atom is 0.490 e. The molecule has 1 atom stereocenters. The number of aromatic nitrogens is 5. The second-order valence-electron chi connectivity index (χ2n) is 6.81. The van der Waals surface area contributed by atoms with Crippen molar-refractivity contribution in [2.24, 2.45) is 7.05 Å². The highest BCUT2D eigenvalue weighted by Gasteiger charge is 2.38. The SMILES string of the molecule is Cn1c(Sc2ncnc3cc(F)c(Br)cc23)nnc1C1CCCNC1.O=C(O)C(F)(F)F. The molecule has 1 unspecified atom stereocenters. The Bertz CT molecular complexity index is 1120. The second kappa shape index (κ2) is 10.1. The van der Waals surface area contributed by atoms with E-state index in [2.05, 4.69) is 41.4 Å². The lowest BCUT2D eigenvalue weighted by atomic mass is 9.99. The van der Waals surface area contributed by atoms with Gasteiger partial charge in [0.25, 0.3) is 0 Å². The molecule has 4 rings (SSSR count). The first-order chi connectivity index (χ1) is 15.1. The van der Waals surface area contributed by atoms with Crippen LogP contribution >= 0.6 is 27.7 Å². The first-order valence-electron chi connectivity index (χ1n) is 9.25. The minimum atomic E-state index is -5.08. The normalized spacial score (nSPS) is 16.5. The topological polar surface area (TPSA) is 106 Å². The van der Waals surface area contributed by atoms with Gasteiger partial charge in [-0.05, 0) is 53.1 Å². The number of carbonyl (C=O) groups is 1. The van der Waals surface area contributed by atoms with Crippen LogP contribution in [0.25, 0.3) is 10.9 Å². The van der Waals surface area contributed by atoms with Crippen LogP contribution in [-0.2, 0) is 11.8 Å². The molecule has 1 fully saturated rings. The van der Waals surface area contributed by atoms with Gasteiger partial charge >= 0.3 is 12.1 Å². The maximum atomic E-state index is 13.7. The third kappa shape index (κ3) is 5.72. The summed E-state index contributed by atoms with van der Waals surface area (Å²) in [7, 11) is 1.98. The zero-order valence-corrected chi connectivity index (χ0v) is 18.9. The number of carboxylic acids is 1. The fourth-order valence-corrected chi connectivity index (χ4v) is 4.24. The van der Waals surface area contributed by atoms with E-state index in [1.54, 1.807) is 6.07 Å². The number of nitrogens with one attached hydrogen (secondary N) is 1. The molecule has 8 nitrogen and oxygen atoms in total. The molecule has 0 bridgehead atoms. The summed E-state index contributed by atoms with van der Waals surface area (Å²) in [4.78, 5) is 17.4. The molecule has 0 radical (unpaired) electrons. The van der Waals surface area contributed by atoms with Crippen LogP contribution in [0.15, 0.2) is 33.1 Å². The molecule has 1 aliphatic heterocycles. The van der Waals surface area contributed by atoms with E-state index in [-0.39, 0.29) is 5.82 Å². The van der Waals surface area contributed by atoms with Crippen molar-refractivity contribution in [1.29, 1.82) is 0 Å². The molecule has 0 amide bonds. The van der Waals surface area contributed by atoms with E-state index in [4.69, 9.17) is 9.90 Å². The fourth-order valence-electron chi connectivity index (χ4n) is 3.04. The number of halogens is 5. The molecule has 1 aromatic carbocycles. The third-order valence-electron chi connectivity index (χ3n) is 4.60. The zero-order chi connectivity index (χ0) is 23.5. The molecule has 14 heteroatoms. The average molecular weight is 537 g/mol. The zero-order valence-electron chi connectivity index (χ0n) is 16.5. The molecule has 0 spiro atoms. The average Bonchev–Trinajstić information content (AvgIpc) is 3.10. The largest absolute Gasteiger partial charge is 0.490 e. The Morgan fingerprint density at radius 3 is 2.66 bits per heavy atom. The van der Waals surface area contributed by atoms with Crippen molar-refractivity contribution >= 4 is 44.6 Å². The second-order valence-corrected chi connectivity index (χ2v) is 8.62. The summed E-state index contributed by atoms with van der Waals surface area (Å²) in [5.74, 6) is -1.73. The molecule has 0 aliphatic carbocycles. The summed E-state index contributed by atoms with van der Waals surface area (Å²) < 4.78 is 47.9. The summed E-state index contributed by atoms with van der Waals surface area (Å²) in [6.07, 6.45) is -1.37. The number of rotatable bonds is 3. The van der Waals surface area contributed by atoms with Crippen molar-refractivity contribution in [3.05, 3.63) is 34.6 Å². The van der Waals surface area contributed by atoms with Gasteiger partial charge in [-0.1, -0.05) is 0 Å². The van der Waals surface area contributed by atoms with Crippen LogP contribution in [0.1, 0.15) is 24.6 Å². The minimum Gasteiger partial charge on any atom is -0.475 e. The van der Waals surface area contributed by atoms with Gasteiger partial charge < -0.3 is 15.0 Å². The lowest BCUT2D eigenvalue weighted by molar-refractivity contribution is -0.192.